The van der Waals surface area contributed by atoms with Crippen molar-refractivity contribution in [2.45, 2.75) is 32.2 Å². The fourth-order valence-corrected chi connectivity index (χ4v) is 2.51. The number of hydrogen-bond donors (Lipinski definition) is 0. The quantitative estimate of drug-likeness (QED) is 0.787. The topological polar surface area (TPSA) is 29.0 Å². The molecule has 1 saturated carbocycles. The van der Waals surface area contributed by atoms with Crippen molar-refractivity contribution >= 4 is 28.3 Å². The van der Waals surface area contributed by atoms with E-state index in [9.17, 15) is 0 Å². The predicted octanol–water partition coefficient (Wildman–Crippen LogP) is 3.66. The Bertz CT molecular complexity index is 566. The summed E-state index contributed by atoms with van der Waals surface area (Å²) < 4.78 is 0. The first-order chi connectivity index (χ1) is 8.79. The summed E-state index contributed by atoms with van der Waals surface area (Å²) in [5, 5.41) is 1.44. The number of aromatic nitrogens is 2. The third-order valence-corrected chi connectivity index (χ3v) is 3.45. The van der Waals surface area contributed by atoms with Crippen LogP contribution in [0.3, 0.4) is 0 Å². The van der Waals surface area contributed by atoms with Crippen LogP contribution in [0.1, 0.15) is 26.2 Å². The van der Waals surface area contributed by atoms with E-state index in [0.29, 0.717) is 11.3 Å². The van der Waals surface area contributed by atoms with E-state index in [1.807, 2.05) is 18.2 Å². The molecule has 0 amide bonds. The van der Waals surface area contributed by atoms with E-state index in [2.05, 4.69) is 27.9 Å². The molecule has 0 N–H and O–H groups in total. The van der Waals surface area contributed by atoms with Gasteiger partial charge in [0.2, 0.25) is 5.28 Å². The number of halogens is 1. The lowest BCUT2D eigenvalue weighted by Crippen LogP contribution is -2.27. The second kappa shape index (κ2) is 4.73. The predicted molar refractivity (Wildman–Crippen MR) is 75.2 cm³/mol. The zero-order valence-corrected chi connectivity index (χ0v) is 11.2. The highest BCUT2D eigenvalue weighted by atomic mass is 35.5. The van der Waals surface area contributed by atoms with E-state index in [4.69, 9.17) is 11.6 Å². The van der Waals surface area contributed by atoms with Crippen molar-refractivity contribution in [1.82, 2.24) is 9.97 Å². The maximum absolute atomic E-state index is 6.04. The van der Waals surface area contributed by atoms with E-state index < -0.39 is 0 Å². The smallest absolute Gasteiger partial charge is 0.224 e. The first-order valence-corrected chi connectivity index (χ1v) is 6.86. The van der Waals surface area contributed by atoms with Gasteiger partial charge in [0, 0.05) is 18.0 Å². The molecule has 94 valence electrons. The van der Waals surface area contributed by atoms with Crippen LogP contribution in [0.4, 0.5) is 5.82 Å². The highest BCUT2D eigenvalue weighted by Gasteiger charge is 2.30. The SMILES string of the molecule is CCCN(c1nc(Cl)nc2ccccc12)C1CC1. The molecule has 0 saturated heterocycles. The van der Waals surface area contributed by atoms with E-state index in [1.54, 1.807) is 0 Å². The Morgan fingerprint density at radius 1 is 1.28 bits per heavy atom. The highest BCUT2D eigenvalue weighted by molar-refractivity contribution is 6.28. The summed E-state index contributed by atoms with van der Waals surface area (Å²) in [6.07, 6.45) is 3.64. The molecule has 1 aromatic heterocycles. The molecule has 1 aliphatic carbocycles. The summed E-state index contributed by atoms with van der Waals surface area (Å²) >= 11 is 6.04. The minimum absolute atomic E-state index is 0.338. The molecule has 2 aromatic rings. The summed E-state index contributed by atoms with van der Waals surface area (Å²) in [5.74, 6) is 0.995. The summed E-state index contributed by atoms with van der Waals surface area (Å²) in [5.41, 5.74) is 0.925. The van der Waals surface area contributed by atoms with E-state index >= 15 is 0 Å². The van der Waals surface area contributed by atoms with Gasteiger partial charge in [-0.25, -0.2) is 4.98 Å². The lowest BCUT2D eigenvalue weighted by atomic mass is 10.2. The van der Waals surface area contributed by atoms with Crippen molar-refractivity contribution in [2.75, 3.05) is 11.4 Å². The van der Waals surface area contributed by atoms with Crippen LogP contribution in [0, 0.1) is 0 Å². The normalized spacial score (nSPS) is 15.0. The van der Waals surface area contributed by atoms with Crippen molar-refractivity contribution < 1.29 is 0 Å². The number of rotatable bonds is 4. The lowest BCUT2D eigenvalue weighted by molar-refractivity contribution is 0.753. The maximum Gasteiger partial charge on any atom is 0.224 e. The van der Waals surface area contributed by atoms with Gasteiger partial charge in [0.25, 0.3) is 0 Å². The fraction of sp³-hybridized carbons (Fsp3) is 0.429. The molecule has 1 fully saturated rings. The second-order valence-corrected chi connectivity index (χ2v) is 5.10. The Labute approximate surface area is 112 Å². The van der Waals surface area contributed by atoms with Crippen LogP contribution in [0.5, 0.6) is 0 Å². The Morgan fingerprint density at radius 3 is 2.78 bits per heavy atom. The van der Waals surface area contributed by atoms with Crippen LogP contribution < -0.4 is 4.90 Å². The van der Waals surface area contributed by atoms with Gasteiger partial charge in [-0.05, 0) is 43.0 Å². The van der Waals surface area contributed by atoms with Gasteiger partial charge in [0.15, 0.2) is 0 Å². The van der Waals surface area contributed by atoms with Crippen molar-refractivity contribution in [3.8, 4) is 0 Å². The van der Waals surface area contributed by atoms with Crippen LogP contribution in [0.2, 0.25) is 5.28 Å². The van der Waals surface area contributed by atoms with Gasteiger partial charge < -0.3 is 4.90 Å². The van der Waals surface area contributed by atoms with Gasteiger partial charge in [-0.3, -0.25) is 0 Å². The van der Waals surface area contributed by atoms with Crippen molar-refractivity contribution in [3.63, 3.8) is 0 Å². The average molecular weight is 262 g/mol. The molecular formula is C14H16ClN3. The Kier molecular flexibility index (Phi) is 3.08. The summed E-state index contributed by atoms with van der Waals surface area (Å²) in [6, 6.07) is 8.71. The lowest BCUT2D eigenvalue weighted by Gasteiger charge is -2.24. The molecule has 1 aliphatic rings. The number of anilines is 1. The Balaban J connectivity index is 2.13. The first-order valence-electron chi connectivity index (χ1n) is 6.48. The summed E-state index contributed by atoms with van der Waals surface area (Å²) in [6.45, 7) is 3.22. The van der Waals surface area contributed by atoms with Crippen LogP contribution >= 0.6 is 11.6 Å². The highest BCUT2D eigenvalue weighted by Crippen LogP contribution is 2.34. The molecule has 1 heterocycles. The minimum Gasteiger partial charge on any atom is -0.353 e. The van der Waals surface area contributed by atoms with E-state index in [1.165, 1.54) is 12.8 Å². The maximum atomic E-state index is 6.04. The molecule has 0 spiro atoms. The molecule has 0 bridgehead atoms. The third-order valence-electron chi connectivity index (χ3n) is 3.28. The van der Waals surface area contributed by atoms with Crippen LogP contribution in [-0.4, -0.2) is 22.6 Å². The zero-order valence-electron chi connectivity index (χ0n) is 10.4. The largest absolute Gasteiger partial charge is 0.353 e. The minimum atomic E-state index is 0.338. The third kappa shape index (κ3) is 2.15. The van der Waals surface area contributed by atoms with Gasteiger partial charge in [-0.2, -0.15) is 4.98 Å². The molecular weight excluding hydrogens is 246 g/mol. The first kappa shape index (κ1) is 11.7. The van der Waals surface area contributed by atoms with Gasteiger partial charge >= 0.3 is 0 Å². The molecule has 4 heteroatoms. The molecule has 0 atom stereocenters. The van der Waals surface area contributed by atoms with Crippen molar-refractivity contribution in [2.24, 2.45) is 0 Å². The van der Waals surface area contributed by atoms with Crippen molar-refractivity contribution in [3.05, 3.63) is 29.5 Å². The molecule has 0 radical (unpaired) electrons. The van der Waals surface area contributed by atoms with Gasteiger partial charge in [0.05, 0.1) is 5.52 Å². The Hall–Kier alpha value is -1.35. The molecule has 3 nitrogen and oxygen atoms in total. The van der Waals surface area contributed by atoms with Gasteiger partial charge in [-0.15, -0.1) is 0 Å². The summed E-state index contributed by atoms with van der Waals surface area (Å²) in [7, 11) is 0. The number of nitrogens with zero attached hydrogens (tertiary/aromatic N) is 3. The molecule has 1 aromatic carbocycles. The summed E-state index contributed by atoms with van der Waals surface area (Å²) in [4.78, 5) is 11.1. The second-order valence-electron chi connectivity index (χ2n) is 4.76. The Morgan fingerprint density at radius 2 is 2.06 bits per heavy atom. The molecule has 0 unspecified atom stereocenters. The molecule has 0 aliphatic heterocycles. The van der Waals surface area contributed by atoms with Gasteiger partial charge in [0.1, 0.15) is 5.82 Å². The van der Waals surface area contributed by atoms with E-state index in [-0.39, 0.29) is 0 Å². The fourth-order valence-electron chi connectivity index (χ4n) is 2.34. The van der Waals surface area contributed by atoms with Crippen LogP contribution in [0.25, 0.3) is 10.9 Å². The number of para-hydroxylation sites is 1. The van der Waals surface area contributed by atoms with E-state index in [0.717, 1.165) is 29.7 Å². The molecule has 3 rings (SSSR count). The monoisotopic (exact) mass is 261 g/mol. The molecule has 18 heavy (non-hydrogen) atoms. The van der Waals surface area contributed by atoms with Crippen LogP contribution in [0.15, 0.2) is 24.3 Å². The number of hydrogen-bond acceptors (Lipinski definition) is 3. The standard InChI is InChI=1S/C14H16ClN3/c1-2-9-18(10-7-8-10)13-11-5-3-4-6-12(11)16-14(15)17-13/h3-6,10H,2,7-9H2,1H3. The van der Waals surface area contributed by atoms with Crippen LogP contribution in [-0.2, 0) is 0 Å². The zero-order chi connectivity index (χ0) is 12.5. The average Bonchev–Trinajstić information content (AvgIpc) is 3.19. The van der Waals surface area contributed by atoms with Crippen molar-refractivity contribution in [1.29, 1.82) is 0 Å². The van der Waals surface area contributed by atoms with Gasteiger partial charge in [-0.1, -0.05) is 19.1 Å². The number of fused-ring (bicyclic) bond motifs is 1. The number of benzene rings is 1.